The van der Waals surface area contributed by atoms with Gasteiger partial charge in [0.1, 0.15) is 11.5 Å². The van der Waals surface area contributed by atoms with Crippen molar-refractivity contribution in [3.05, 3.63) is 23.8 Å². The van der Waals surface area contributed by atoms with Crippen LogP contribution in [0.1, 0.15) is 37.3 Å². The molecule has 3 heterocycles. The number of hydrogen-bond acceptors (Lipinski definition) is 6. The van der Waals surface area contributed by atoms with Crippen molar-refractivity contribution in [2.75, 3.05) is 53.6 Å². The highest BCUT2D eigenvalue weighted by Crippen LogP contribution is 2.39. The van der Waals surface area contributed by atoms with E-state index in [1.807, 2.05) is 23.1 Å². The standard InChI is InChI=1S/C22H32N2O5/c1-26-17-5-6-20(27-2)18(14-17)19-4-3-9-24(19)21(25)15-23-10-7-16(8-11-23)22-28-12-13-29-22/h5-6,14,16,19,22H,3-4,7-13,15H2,1-2H3. The van der Waals surface area contributed by atoms with E-state index in [1.165, 1.54) is 0 Å². The Labute approximate surface area is 172 Å². The van der Waals surface area contributed by atoms with E-state index in [2.05, 4.69) is 4.90 Å². The SMILES string of the molecule is COc1ccc(OC)c(C2CCCN2C(=O)CN2CCC(C3OCCO3)CC2)c1. The highest BCUT2D eigenvalue weighted by molar-refractivity contribution is 5.79. The molecule has 0 spiro atoms. The Kier molecular flexibility index (Phi) is 6.57. The maximum atomic E-state index is 13.2. The van der Waals surface area contributed by atoms with Gasteiger partial charge in [-0.15, -0.1) is 0 Å². The number of rotatable bonds is 6. The third-order valence-electron chi connectivity index (χ3n) is 6.39. The number of amides is 1. The fraction of sp³-hybridized carbons (Fsp3) is 0.682. The summed E-state index contributed by atoms with van der Waals surface area (Å²) in [6, 6.07) is 5.87. The lowest BCUT2D eigenvalue weighted by molar-refractivity contribution is -0.134. The topological polar surface area (TPSA) is 60.5 Å². The van der Waals surface area contributed by atoms with Crippen LogP contribution in [0.15, 0.2) is 18.2 Å². The van der Waals surface area contributed by atoms with E-state index in [4.69, 9.17) is 18.9 Å². The molecule has 3 aliphatic rings. The summed E-state index contributed by atoms with van der Waals surface area (Å²) in [7, 11) is 3.34. The minimum Gasteiger partial charge on any atom is -0.497 e. The second kappa shape index (κ2) is 9.32. The highest BCUT2D eigenvalue weighted by Gasteiger charge is 2.35. The van der Waals surface area contributed by atoms with Crippen molar-refractivity contribution in [3.8, 4) is 11.5 Å². The molecule has 0 aromatic heterocycles. The van der Waals surface area contributed by atoms with Crippen molar-refractivity contribution in [2.24, 2.45) is 5.92 Å². The first kappa shape index (κ1) is 20.4. The zero-order chi connectivity index (χ0) is 20.2. The summed E-state index contributed by atoms with van der Waals surface area (Å²) in [5.41, 5.74) is 1.03. The van der Waals surface area contributed by atoms with Crippen LogP contribution in [-0.2, 0) is 14.3 Å². The summed E-state index contributed by atoms with van der Waals surface area (Å²) in [6.45, 7) is 4.51. The predicted octanol–water partition coefficient (Wildman–Crippen LogP) is 2.45. The highest BCUT2D eigenvalue weighted by atomic mass is 16.7. The Morgan fingerprint density at radius 3 is 2.52 bits per heavy atom. The van der Waals surface area contributed by atoms with Crippen LogP contribution in [0, 0.1) is 5.92 Å². The molecule has 1 amide bonds. The first-order valence-corrected chi connectivity index (χ1v) is 10.7. The van der Waals surface area contributed by atoms with Gasteiger partial charge in [0, 0.05) is 18.0 Å². The molecule has 0 radical (unpaired) electrons. The number of benzene rings is 1. The van der Waals surface area contributed by atoms with Crippen molar-refractivity contribution in [1.29, 1.82) is 0 Å². The minimum atomic E-state index is -0.0451. The zero-order valence-corrected chi connectivity index (χ0v) is 17.5. The van der Waals surface area contributed by atoms with Gasteiger partial charge < -0.3 is 23.8 Å². The molecule has 0 bridgehead atoms. The number of piperidine rings is 1. The molecule has 7 nitrogen and oxygen atoms in total. The molecule has 3 fully saturated rings. The Bertz CT molecular complexity index is 698. The average molecular weight is 405 g/mol. The van der Waals surface area contributed by atoms with Gasteiger partial charge >= 0.3 is 0 Å². The van der Waals surface area contributed by atoms with E-state index < -0.39 is 0 Å². The van der Waals surface area contributed by atoms with Crippen molar-refractivity contribution >= 4 is 5.91 Å². The first-order chi connectivity index (χ1) is 14.2. The third kappa shape index (κ3) is 4.52. The van der Waals surface area contributed by atoms with Gasteiger partial charge in [0.2, 0.25) is 5.91 Å². The van der Waals surface area contributed by atoms with Crippen LogP contribution in [0.25, 0.3) is 0 Å². The Balaban J connectivity index is 1.37. The Hall–Kier alpha value is -1.83. The van der Waals surface area contributed by atoms with Gasteiger partial charge in [0.25, 0.3) is 0 Å². The van der Waals surface area contributed by atoms with E-state index in [-0.39, 0.29) is 18.2 Å². The van der Waals surface area contributed by atoms with Crippen molar-refractivity contribution in [2.45, 2.75) is 38.0 Å². The molecule has 0 N–H and O–H groups in total. The summed E-state index contributed by atoms with van der Waals surface area (Å²) in [4.78, 5) is 17.4. The molecule has 1 unspecified atom stereocenters. The number of likely N-dealkylation sites (tertiary alicyclic amines) is 2. The summed E-state index contributed by atoms with van der Waals surface area (Å²) < 4.78 is 22.3. The van der Waals surface area contributed by atoms with Crippen LogP contribution in [0.4, 0.5) is 0 Å². The fourth-order valence-electron chi connectivity index (χ4n) is 4.80. The zero-order valence-electron chi connectivity index (χ0n) is 17.5. The van der Waals surface area contributed by atoms with Gasteiger partial charge in [0.05, 0.1) is 40.0 Å². The molecule has 29 heavy (non-hydrogen) atoms. The lowest BCUT2D eigenvalue weighted by Crippen LogP contribution is -2.44. The summed E-state index contributed by atoms with van der Waals surface area (Å²) >= 11 is 0. The van der Waals surface area contributed by atoms with E-state index in [0.717, 1.165) is 62.4 Å². The Morgan fingerprint density at radius 2 is 1.83 bits per heavy atom. The van der Waals surface area contributed by atoms with E-state index in [1.54, 1.807) is 14.2 Å². The molecule has 1 aromatic carbocycles. The number of nitrogens with zero attached hydrogens (tertiary/aromatic N) is 2. The quantitative estimate of drug-likeness (QED) is 0.726. The van der Waals surface area contributed by atoms with Gasteiger partial charge in [-0.25, -0.2) is 0 Å². The molecule has 4 rings (SSSR count). The normalized spacial score (nSPS) is 24.2. The molecular formula is C22H32N2O5. The predicted molar refractivity (Wildman–Crippen MR) is 108 cm³/mol. The minimum absolute atomic E-state index is 0.0451. The van der Waals surface area contributed by atoms with Gasteiger partial charge in [-0.3, -0.25) is 9.69 Å². The van der Waals surface area contributed by atoms with Crippen LogP contribution in [0.2, 0.25) is 0 Å². The summed E-state index contributed by atoms with van der Waals surface area (Å²) in [5.74, 6) is 2.25. The van der Waals surface area contributed by atoms with Crippen LogP contribution in [0.5, 0.6) is 11.5 Å². The Morgan fingerprint density at radius 1 is 1.07 bits per heavy atom. The number of hydrogen-bond donors (Lipinski definition) is 0. The van der Waals surface area contributed by atoms with Crippen LogP contribution in [0.3, 0.4) is 0 Å². The molecular weight excluding hydrogens is 372 g/mol. The van der Waals surface area contributed by atoms with Gasteiger partial charge in [0.15, 0.2) is 6.29 Å². The van der Waals surface area contributed by atoms with Gasteiger partial charge in [-0.2, -0.15) is 0 Å². The number of carbonyl (C=O) groups is 1. The molecule has 160 valence electrons. The van der Waals surface area contributed by atoms with Crippen LogP contribution < -0.4 is 9.47 Å². The van der Waals surface area contributed by atoms with Crippen molar-refractivity contribution in [3.63, 3.8) is 0 Å². The molecule has 3 saturated heterocycles. The van der Waals surface area contributed by atoms with Crippen molar-refractivity contribution in [1.82, 2.24) is 9.80 Å². The molecule has 3 aliphatic heterocycles. The van der Waals surface area contributed by atoms with E-state index in [0.29, 0.717) is 25.7 Å². The third-order valence-corrected chi connectivity index (χ3v) is 6.39. The lowest BCUT2D eigenvalue weighted by Gasteiger charge is -2.35. The second-order valence-corrected chi connectivity index (χ2v) is 8.08. The first-order valence-electron chi connectivity index (χ1n) is 10.7. The number of carbonyl (C=O) groups excluding carboxylic acids is 1. The maximum absolute atomic E-state index is 13.2. The maximum Gasteiger partial charge on any atom is 0.237 e. The summed E-state index contributed by atoms with van der Waals surface area (Å²) in [5, 5.41) is 0. The second-order valence-electron chi connectivity index (χ2n) is 8.08. The average Bonchev–Trinajstić information content (AvgIpc) is 3.46. The van der Waals surface area contributed by atoms with E-state index >= 15 is 0 Å². The van der Waals surface area contributed by atoms with Crippen molar-refractivity contribution < 1.29 is 23.7 Å². The number of ether oxygens (including phenoxy) is 4. The van der Waals surface area contributed by atoms with Crippen LogP contribution in [-0.4, -0.2) is 75.6 Å². The molecule has 0 saturated carbocycles. The lowest BCUT2D eigenvalue weighted by atomic mass is 9.96. The molecule has 1 aromatic rings. The largest absolute Gasteiger partial charge is 0.497 e. The smallest absolute Gasteiger partial charge is 0.237 e. The fourth-order valence-corrected chi connectivity index (χ4v) is 4.80. The molecule has 0 aliphatic carbocycles. The van der Waals surface area contributed by atoms with Crippen LogP contribution >= 0.6 is 0 Å². The van der Waals surface area contributed by atoms with Gasteiger partial charge in [-0.1, -0.05) is 0 Å². The van der Waals surface area contributed by atoms with E-state index in [9.17, 15) is 4.79 Å². The van der Waals surface area contributed by atoms with Gasteiger partial charge in [-0.05, 0) is 57.0 Å². The monoisotopic (exact) mass is 404 g/mol. The number of methoxy groups -OCH3 is 2. The molecule has 7 heteroatoms. The summed E-state index contributed by atoms with van der Waals surface area (Å²) in [6.07, 6.45) is 3.95. The molecule has 1 atom stereocenters.